The van der Waals surface area contributed by atoms with E-state index in [0.717, 1.165) is 17.7 Å². The van der Waals surface area contributed by atoms with Crippen molar-refractivity contribution in [1.82, 2.24) is 9.80 Å². The SMILES string of the molecule is O=C(c1sccc1C1CC1)N1CCN(C2CC2)C(=O)C1. The van der Waals surface area contributed by atoms with Crippen LogP contribution in [-0.4, -0.2) is 47.3 Å². The van der Waals surface area contributed by atoms with Gasteiger partial charge in [0.15, 0.2) is 0 Å². The third-order valence-corrected chi connectivity index (χ3v) is 5.36. The van der Waals surface area contributed by atoms with E-state index in [4.69, 9.17) is 0 Å². The molecule has 0 aromatic carbocycles. The number of carbonyl (C=O) groups excluding carboxylic acids is 2. The summed E-state index contributed by atoms with van der Waals surface area (Å²) in [6.07, 6.45) is 4.67. The molecule has 2 saturated carbocycles. The summed E-state index contributed by atoms with van der Waals surface area (Å²) < 4.78 is 0. The van der Waals surface area contributed by atoms with Gasteiger partial charge in [0, 0.05) is 19.1 Å². The van der Waals surface area contributed by atoms with Crippen molar-refractivity contribution in [3.05, 3.63) is 21.9 Å². The van der Waals surface area contributed by atoms with Crippen LogP contribution in [0.3, 0.4) is 0 Å². The Morgan fingerprint density at radius 3 is 2.65 bits per heavy atom. The summed E-state index contributed by atoms with van der Waals surface area (Å²) in [6, 6.07) is 2.54. The number of nitrogens with zero attached hydrogens (tertiary/aromatic N) is 2. The molecule has 0 unspecified atom stereocenters. The Morgan fingerprint density at radius 2 is 2.00 bits per heavy atom. The Morgan fingerprint density at radius 1 is 1.20 bits per heavy atom. The zero-order valence-corrected chi connectivity index (χ0v) is 12.2. The molecule has 2 heterocycles. The maximum Gasteiger partial charge on any atom is 0.264 e. The van der Waals surface area contributed by atoms with Crippen LogP contribution < -0.4 is 0 Å². The molecular formula is C15H18N2O2S. The highest BCUT2D eigenvalue weighted by Crippen LogP contribution is 2.43. The van der Waals surface area contributed by atoms with Gasteiger partial charge >= 0.3 is 0 Å². The highest BCUT2D eigenvalue weighted by Gasteiger charge is 2.38. The first-order valence-corrected chi connectivity index (χ1v) is 8.28. The van der Waals surface area contributed by atoms with Crippen molar-refractivity contribution in [2.45, 2.75) is 37.6 Å². The lowest BCUT2D eigenvalue weighted by Gasteiger charge is -2.34. The van der Waals surface area contributed by atoms with Crippen molar-refractivity contribution >= 4 is 23.2 Å². The van der Waals surface area contributed by atoms with Crippen molar-refractivity contribution < 1.29 is 9.59 Å². The van der Waals surface area contributed by atoms with Gasteiger partial charge in [-0.25, -0.2) is 0 Å². The highest BCUT2D eigenvalue weighted by atomic mass is 32.1. The van der Waals surface area contributed by atoms with E-state index < -0.39 is 0 Å². The number of carbonyl (C=O) groups is 2. The van der Waals surface area contributed by atoms with Crippen molar-refractivity contribution in [3.8, 4) is 0 Å². The smallest absolute Gasteiger partial charge is 0.264 e. The lowest BCUT2D eigenvalue weighted by atomic mass is 10.1. The Hall–Kier alpha value is -1.36. The molecule has 4 rings (SSSR count). The molecule has 20 heavy (non-hydrogen) atoms. The molecule has 1 aromatic rings. The maximum atomic E-state index is 12.6. The van der Waals surface area contributed by atoms with E-state index in [1.165, 1.54) is 29.7 Å². The lowest BCUT2D eigenvalue weighted by Crippen LogP contribution is -2.52. The Labute approximate surface area is 122 Å². The van der Waals surface area contributed by atoms with E-state index in [1.54, 1.807) is 4.90 Å². The van der Waals surface area contributed by atoms with Gasteiger partial charge in [-0.15, -0.1) is 11.3 Å². The fourth-order valence-corrected chi connectivity index (χ4v) is 3.94. The molecule has 0 spiro atoms. The van der Waals surface area contributed by atoms with Gasteiger partial charge in [0.1, 0.15) is 6.54 Å². The van der Waals surface area contributed by atoms with Crippen LogP contribution in [0.1, 0.15) is 46.8 Å². The van der Waals surface area contributed by atoms with E-state index in [1.807, 2.05) is 10.3 Å². The molecule has 0 atom stereocenters. The van der Waals surface area contributed by atoms with E-state index in [9.17, 15) is 9.59 Å². The third-order valence-electron chi connectivity index (χ3n) is 4.44. The molecule has 0 radical (unpaired) electrons. The number of amides is 2. The summed E-state index contributed by atoms with van der Waals surface area (Å²) in [4.78, 5) is 29.3. The minimum absolute atomic E-state index is 0.0608. The molecular weight excluding hydrogens is 272 g/mol. The largest absolute Gasteiger partial charge is 0.336 e. The maximum absolute atomic E-state index is 12.6. The molecule has 3 fully saturated rings. The second kappa shape index (κ2) is 4.58. The zero-order valence-electron chi connectivity index (χ0n) is 11.4. The number of hydrogen-bond donors (Lipinski definition) is 0. The van der Waals surface area contributed by atoms with Gasteiger partial charge in [0.05, 0.1) is 4.88 Å². The van der Waals surface area contributed by atoms with Gasteiger partial charge < -0.3 is 9.80 Å². The molecule has 1 aliphatic heterocycles. The Bertz CT molecular complexity index is 560. The molecule has 1 aromatic heterocycles. The van der Waals surface area contributed by atoms with Crippen LogP contribution in [0.25, 0.3) is 0 Å². The van der Waals surface area contributed by atoms with Gasteiger partial charge in [-0.1, -0.05) is 0 Å². The molecule has 3 aliphatic rings. The lowest BCUT2D eigenvalue weighted by molar-refractivity contribution is -0.135. The van der Waals surface area contributed by atoms with Gasteiger partial charge in [0.25, 0.3) is 5.91 Å². The van der Waals surface area contributed by atoms with Gasteiger partial charge in [-0.2, -0.15) is 0 Å². The second-order valence-corrected chi connectivity index (χ2v) is 6.94. The second-order valence-electron chi connectivity index (χ2n) is 6.02. The summed E-state index contributed by atoms with van der Waals surface area (Å²) in [5, 5.41) is 2.00. The van der Waals surface area contributed by atoms with Crippen LogP contribution in [0.4, 0.5) is 0 Å². The summed E-state index contributed by atoms with van der Waals surface area (Å²) in [7, 11) is 0. The Balaban J connectivity index is 1.48. The average Bonchev–Trinajstić information content (AvgIpc) is 3.37. The number of piperazine rings is 1. The fraction of sp³-hybridized carbons (Fsp3) is 0.600. The topological polar surface area (TPSA) is 40.6 Å². The highest BCUT2D eigenvalue weighted by molar-refractivity contribution is 7.12. The molecule has 4 nitrogen and oxygen atoms in total. The van der Waals surface area contributed by atoms with Crippen LogP contribution in [0.15, 0.2) is 11.4 Å². The summed E-state index contributed by atoms with van der Waals surface area (Å²) in [6.45, 7) is 1.65. The minimum Gasteiger partial charge on any atom is -0.336 e. The van der Waals surface area contributed by atoms with Gasteiger partial charge in [-0.05, 0) is 48.6 Å². The average molecular weight is 290 g/mol. The van der Waals surface area contributed by atoms with Crippen LogP contribution in [0.2, 0.25) is 0 Å². The van der Waals surface area contributed by atoms with E-state index in [-0.39, 0.29) is 18.4 Å². The predicted molar refractivity (Wildman–Crippen MR) is 76.9 cm³/mol. The van der Waals surface area contributed by atoms with Crippen LogP contribution in [0, 0.1) is 0 Å². The summed E-state index contributed by atoms with van der Waals surface area (Å²) >= 11 is 1.52. The minimum atomic E-state index is 0.0608. The molecule has 2 amide bonds. The van der Waals surface area contributed by atoms with Crippen LogP contribution in [0.5, 0.6) is 0 Å². The van der Waals surface area contributed by atoms with Crippen molar-refractivity contribution in [2.24, 2.45) is 0 Å². The first-order valence-electron chi connectivity index (χ1n) is 7.40. The van der Waals surface area contributed by atoms with Crippen molar-refractivity contribution in [3.63, 3.8) is 0 Å². The first-order chi connectivity index (χ1) is 9.74. The van der Waals surface area contributed by atoms with Crippen molar-refractivity contribution in [1.29, 1.82) is 0 Å². The van der Waals surface area contributed by atoms with E-state index in [0.29, 0.717) is 25.0 Å². The molecule has 106 valence electrons. The summed E-state index contributed by atoms with van der Waals surface area (Å²) in [5.74, 6) is 0.769. The third kappa shape index (κ3) is 2.14. The quantitative estimate of drug-likeness (QED) is 0.855. The molecule has 0 bridgehead atoms. The number of rotatable bonds is 3. The molecule has 0 N–H and O–H groups in total. The Kier molecular flexibility index (Phi) is 2.84. The molecule has 5 heteroatoms. The predicted octanol–water partition coefficient (Wildman–Crippen LogP) is 2.07. The van der Waals surface area contributed by atoms with E-state index in [2.05, 4.69) is 6.07 Å². The van der Waals surface area contributed by atoms with Gasteiger partial charge in [-0.3, -0.25) is 9.59 Å². The molecule has 1 saturated heterocycles. The van der Waals surface area contributed by atoms with E-state index >= 15 is 0 Å². The normalized spacial score (nSPS) is 23.3. The van der Waals surface area contributed by atoms with Crippen molar-refractivity contribution in [2.75, 3.05) is 19.6 Å². The standard InChI is InChI=1S/C15H18N2O2S/c18-13-9-16(6-7-17(13)11-3-4-11)15(19)14-12(5-8-20-14)10-1-2-10/h5,8,10-11H,1-4,6-7,9H2. The number of hydrogen-bond acceptors (Lipinski definition) is 3. The molecule has 2 aliphatic carbocycles. The number of thiophene rings is 1. The van der Waals surface area contributed by atoms with Crippen LogP contribution in [-0.2, 0) is 4.79 Å². The monoisotopic (exact) mass is 290 g/mol. The van der Waals surface area contributed by atoms with Crippen LogP contribution >= 0.6 is 11.3 Å². The fourth-order valence-electron chi connectivity index (χ4n) is 2.98. The summed E-state index contributed by atoms with van der Waals surface area (Å²) in [5.41, 5.74) is 1.21. The first kappa shape index (κ1) is 12.4. The zero-order chi connectivity index (χ0) is 13.7. The van der Waals surface area contributed by atoms with Gasteiger partial charge in [0.2, 0.25) is 5.91 Å².